The van der Waals surface area contributed by atoms with Gasteiger partial charge in [0.05, 0.1) is 8.07 Å². The largest absolute Gasteiger partial charge is 0.124 e. The Morgan fingerprint density at radius 2 is 1.85 bits per heavy atom. The van der Waals surface area contributed by atoms with E-state index in [0.29, 0.717) is 0 Å². The number of hydrogen-bond acceptors (Lipinski definition) is 0. The van der Waals surface area contributed by atoms with Crippen LogP contribution in [-0.2, 0) is 0 Å². The van der Waals surface area contributed by atoms with Gasteiger partial charge in [-0.05, 0) is 11.5 Å². The third-order valence-electron chi connectivity index (χ3n) is 3.86. The van der Waals surface area contributed by atoms with E-state index in [-0.39, 0.29) is 0 Å². The van der Waals surface area contributed by atoms with Gasteiger partial charge >= 0.3 is 0 Å². The molecule has 1 heteroatoms. The second kappa shape index (κ2) is 5.50. The molecule has 0 amide bonds. The molecule has 1 saturated heterocycles. The van der Waals surface area contributed by atoms with Crippen LogP contribution in [0.4, 0.5) is 0 Å². The lowest BCUT2D eigenvalue weighted by atomic mass is 9.97. The van der Waals surface area contributed by atoms with Gasteiger partial charge in [0.15, 0.2) is 0 Å². The summed E-state index contributed by atoms with van der Waals surface area (Å²) < 4.78 is 0. The Hall–Kier alpha value is -0.223. The molecule has 1 rings (SSSR count). The highest BCUT2D eigenvalue weighted by atomic mass is 28.3. The van der Waals surface area contributed by atoms with Gasteiger partial charge in [-0.1, -0.05) is 52.2 Å². The highest BCUT2D eigenvalue weighted by Gasteiger charge is 2.36. The monoisotopic (exact) mass is 196 g/mol. The van der Waals surface area contributed by atoms with Crippen molar-refractivity contribution < 1.29 is 0 Å². The molecule has 0 aromatic rings. The molecule has 0 saturated carbocycles. The summed E-state index contributed by atoms with van der Waals surface area (Å²) in [5.74, 6) is 1.06. The van der Waals surface area contributed by atoms with Crippen molar-refractivity contribution in [1.29, 1.82) is 0 Å². The summed E-state index contributed by atoms with van der Waals surface area (Å²) in [6.45, 7) is 10.00. The summed E-state index contributed by atoms with van der Waals surface area (Å²) in [5.41, 5.74) is 1.07. The van der Waals surface area contributed by atoms with Crippen LogP contribution in [0, 0.1) is 18.8 Å². The van der Waals surface area contributed by atoms with Crippen molar-refractivity contribution in [3.63, 3.8) is 0 Å². The summed E-state index contributed by atoms with van der Waals surface area (Å²) in [5, 5.41) is 0. The van der Waals surface area contributed by atoms with Crippen LogP contribution < -0.4 is 0 Å². The zero-order valence-corrected chi connectivity index (χ0v) is 10.6. The minimum absolute atomic E-state index is 0.778. The molecule has 0 nitrogen and oxygen atoms in total. The fourth-order valence-electron chi connectivity index (χ4n) is 2.49. The van der Waals surface area contributed by atoms with Gasteiger partial charge in [-0.25, -0.2) is 0 Å². The first-order valence-corrected chi connectivity index (χ1v) is 8.69. The summed E-state index contributed by atoms with van der Waals surface area (Å²) in [4.78, 5) is 0. The van der Waals surface area contributed by atoms with E-state index in [1.807, 2.05) is 0 Å². The number of terminal acetylenes is 1. The van der Waals surface area contributed by atoms with E-state index in [4.69, 9.17) is 0 Å². The van der Waals surface area contributed by atoms with E-state index >= 15 is 0 Å². The molecular formula is C12H24Si. The lowest BCUT2D eigenvalue weighted by Crippen LogP contribution is -2.38. The van der Waals surface area contributed by atoms with Crippen molar-refractivity contribution in [3.8, 4) is 12.8 Å². The first kappa shape index (κ1) is 12.8. The number of rotatable bonds is 1. The summed E-state index contributed by atoms with van der Waals surface area (Å²) in [6.07, 6.45) is 12.4. The third-order valence-corrected chi connectivity index (χ3v) is 8.44. The molecule has 0 aromatic carbocycles. The van der Waals surface area contributed by atoms with Crippen molar-refractivity contribution in [1.82, 2.24) is 0 Å². The number of hydrogen-bond donors (Lipinski definition) is 0. The van der Waals surface area contributed by atoms with Crippen molar-refractivity contribution in [2.75, 3.05) is 0 Å². The zero-order valence-electron chi connectivity index (χ0n) is 9.64. The second-order valence-corrected chi connectivity index (χ2v) is 10.2. The molecule has 2 unspecified atom stereocenters. The van der Waals surface area contributed by atoms with Crippen LogP contribution in [0.2, 0.25) is 24.7 Å². The molecule has 0 aliphatic carbocycles. The first-order valence-electron chi connectivity index (χ1n) is 5.41. The van der Waals surface area contributed by atoms with E-state index in [1.54, 1.807) is 6.04 Å². The maximum Gasteiger partial charge on any atom is 0.0504 e. The minimum atomic E-state index is -0.778. The van der Waals surface area contributed by atoms with Gasteiger partial charge in [0.1, 0.15) is 0 Å². The van der Waals surface area contributed by atoms with E-state index in [9.17, 15) is 0 Å². The molecule has 0 aromatic heterocycles. The first-order chi connectivity index (χ1) is 6.08. The Kier molecular flexibility index (Phi) is 5.40. The molecule has 1 aliphatic heterocycles. The lowest BCUT2D eigenvalue weighted by Gasteiger charge is -2.40. The molecule has 1 heterocycles. The molecule has 1 aliphatic rings. The molecule has 2 atom stereocenters. The van der Waals surface area contributed by atoms with E-state index in [1.165, 1.54) is 19.3 Å². The molecule has 13 heavy (non-hydrogen) atoms. The maximum atomic E-state index is 4.00. The van der Waals surface area contributed by atoms with Crippen LogP contribution in [0.3, 0.4) is 0 Å². The van der Waals surface area contributed by atoms with Gasteiger partial charge < -0.3 is 0 Å². The average Bonchev–Trinajstić information content (AvgIpc) is 2.13. The summed E-state index contributed by atoms with van der Waals surface area (Å²) >= 11 is 0. The van der Waals surface area contributed by atoms with Crippen LogP contribution in [0.5, 0.6) is 0 Å². The minimum Gasteiger partial charge on any atom is -0.124 e. The SMILES string of the molecule is C#C.CCC1CCC[Si](C)(C)C1C. The standard InChI is InChI=1S/C10H22Si.C2H2/c1-5-10-7-6-8-11(3,4)9(10)2;1-2/h9-10H,5-8H2,1-4H3;1-2H. The molecule has 0 spiro atoms. The van der Waals surface area contributed by atoms with Crippen molar-refractivity contribution in [2.45, 2.75) is 57.8 Å². The smallest absolute Gasteiger partial charge is 0.0504 e. The normalized spacial score (nSPS) is 31.5. The van der Waals surface area contributed by atoms with Gasteiger partial charge in [0.25, 0.3) is 0 Å². The Labute approximate surface area is 85.1 Å². The molecule has 0 bridgehead atoms. The second-order valence-electron chi connectivity index (χ2n) is 4.84. The van der Waals surface area contributed by atoms with Crippen LogP contribution >= 0.6 is 0 Å². The average molecular weight is 196 g/mol. The van der Waals surface area contributed by atoms with Crippen LogP contribution in [-0.4, -0.2) is 8.07 Å². The quantitative estimate of drug-likeness (QED) is 0.436. The Morgan fingerprint density at radius 3 is 2.23 bits per heavy atom. The van der Waals surface area contributed by atoms with E-state index in [0.717, 1.165) is 11.5 Å². The maximum absolute atomic E-state index is 4.00. The van der Waals surface area contributed by atoms with E-state index in [2.05, 4.69) is 39.8 Å². The van der Waals surface area contributed by atoms with Crippen LogP contribution in [0.25, 0.3) is 0 Å². The van der Waals surface area contributed by atoms with Crippen molar-refractivity contribution in [2.24, 2.45) is 5.92 Å². The lowest BCUT2D eigenvalue weighted by molar-refractivity contribution is 0.417. The summed E-state index contributed by atoms with van der Waals surface area (Å²) in [6, 6.07) is 1.57. The molecule has 0 radical (unpaired) electrons. The van der Waals surface area contributed by atoms with Crippen molar-refractivity contribution in [3.05, 3.63) is 0 Å². The van der Waals surface area contributed by atoms with Crippen LogP contribution in [0.1, 0.15) is 33.1 Å². The van der Waals surface area contributed by atoms with Gasteiger partial charge in [0.2, 0.25) is 0 Å². The molecular weight excluding hydrogens is 172 g/mol. The highest BCUT2D eigenvalue weighted by molar-refractivity contribution is 6.78. The Balaban J connectivity index is 0.000000671. The van der Waals surface area contributed by atoms with E-state index < -0.39 is 8.07 Å². The molecule has 1 fully saturated rings. The predicted molar refractivity (Wildman–Crippen MR) is 64.6 cm³/mol. The topological polar surface area (TPSA) is 0 Å². The molecule has 0 N–H and O–H groups in total. The zero-order chi connectivity index (χ0) is 10.5. The predicted octanol–water partition coefficient (Wildman–Crippen LogP) is 4.15. The van der Waals surface area contributed by atoms with Gasteiger partial charge in [0, 0.05) is 0 Å². The third kappa shape index (κ3) is 3.19. The van der Waals surface area contributed by atoms with Crippen molar-refractivity contribution >= 4 is 8.07 Å². The van der Waals surface area contributed by atoms with Gasteiger partial charge in [-0.3, -0.25) is 0 Å². The van der Waals surface area contributed by atoms with Crippen LogP contribution in [0.15, 0.2) is 0 Å². The van der Waals surface area contributed by atoms with Gasteiger partial charge in [-0.15, -0.1) is 12.8 Å². The van der Waals surface area contributed by atoms with Gasteiger partial charge in [-0.2, -0.15) is 0 Å². The summed E-state index contributed by atoms with van der Waals surface area (Å²) in [7, 11) is -0.778. The molecule has 76 valence electrons. The Morgan fingerprint density at radius 1 is 1.31 bits per heavy atom. The fraction of sp³-hybridized carbons (Fsp3) is 0.833. The Bertz CT molecular complexity index is 158. The fourth-order valence-corrected chi connectivity index (χ4v) is 5.74. The highest BCUT2D eigenvalue weighted by Crippen LogP contribution is 2.42.